The molecule has 31 heavy (non-hydrogen) atoms. The summed E-state index contributed by atoms with van der Waals surface area (Å²) in [5.74, 6) is 1.54. The zero-order valence-corrected chi connectivity index (χ0v) is 20.8. The van der Waals surface area contributed by atoms with Gasteiger partial charge in [-0.2, -0.15) is 0 Å². The highest BCUT2D eigenvalue weighted by Gasteiger charge is 2.18. The number of carbonyl (C=O) groups excluding carboxylic acids is 1. The molecule has 1 unspecified atom stereocenters. The highest BCUT2D eigenvalue weighted by Crippen LogP contribution is 2.29. The highest BCUT2D eigenvalue weighted by molar-refractivity contribution is 14.1. The predicted octanol–water partition coefficient (Wildman–Crippen LogP) is 7.29. The number of ether oxygens (including phenoxy) is 1. The van der Waals surface area contributed by atoms with Gasteiger partial charge in [-0.25, -0.2) is 0 Å². The van der Waals surface area contributed by atoms with Crippen molar-refractivity contribution in [1.29, 1.82) is 0 Å². The minimum atomic E-state index is -1.08. The minimum absolute atomic E-state index is 0.271. The first-order chi connectivity index (χ1) is 15.1. The van der Waals surface area contributed by atoms with Crippen LogP contribution in [0.4, 0.5) is 0 Å². The molecule has 4 rings (SSSR count). The van der Waals surface area contributed by atoms with E-state index in [1.165, 1.54) is 0 Å². The highest BCUT2D eigenvalue weighted by atomic mass is 127. The maximum Gasteiger partial charge on any atom is 0.195 e. The fourth-order valence-electron chi connectivity index (χ4n) is 2.72. The topological polar surface area (TPSA) is 46.5 Å². The van der Waals surface area contributed by atoms with Crippen LogP contribution in [-0.2, 0) is 0 Å². The molecular formula is C26H20I2O3. The number of aliphatic hydroxyl groups is 1. The Morgan fingerprint density at radius 2 is 1.06 bits per heavy atom. The van der Waals surface area contributed by atoms with E-state index in [0.717, 1.165) is 18.6 Å². The summed E-state index contributed by atoms with van der Waals surface area (Å²) in [6.07, 6.45) is -1.08. The Bertz CT molecular complexity index is 1070. The molecule has 0 aromatic heterocycles. The molecule has 0 fully saturated rings. The summed E-state index contributed by atoms with van der Waals surface area (Å²) in [5, 5.41) is 9.89. The molecule has 1 N–H and O–H groups in total. The molecule has 0 spiro atoms. The van der Waals surface area contributed by atoms with E-state index in [9.17, 15) is 9.90 Å². The molecule has 156 valence electrons. The molecule has 4 aromatic carbocycles. The Balaban J connectivity index is 0.000000176. The quantitative estimate of drug-likeness (QED) is 0.185. The van der Waals surface area contributed by atoms with Crippen molar-refractivity contribution < 1.29 is 14.6 Å². The predicted molar refractivity (Wildman–Crippen MR) is 141 cm³/mol. The molecule has 0 saturated carbocycles. The Kier molecular flexibility index (Phi) is 9.05. The van der Waals surface area contributed by atoms with Crippen LogP contribution in [0.15, 0.2) is 109 Å². The van der Waals surface area contributed by atoms with Crippen LogP contribution in [0.3, 0.4) is 0 Å². The Hall–Kier alpha value is -2.23. The van der Waals surface area contributed by atoms with Crippen molar-refractivity contribution in [3.05, 3.63) is 127 Å². The average molecular weight is 634 g/mol. The van der Waals surface area contributed by atoms with Gasteiger partial charge in [-0.3, -0.25) is 4.79 Å². The molecule has 0 aliphatic rings. The summed E-state index contributed by atoms with van der Waals surface area (Å²) in [6.45, 7) is 0. The van der Waals surface area contributed by atoms with Crippen LogP contribution in [0.25, 0.3) is 0 Å². The van der Waals surface area contributed by atoms with Crippen molar-refractivity contribution in [2.24, 2.45) is 0 Å². The third-order valence-electron chi connectivity index (χ3n) is 4.32. The van der Waals surface area contributed by atoms with Gasteiger partial charge in [0.05, 0.1) is 7.14 Å². The van der Waals surface area contributed by atoms with Gasteiger partial charge in [0.25, 0.3) is 0 Å². The number of para-hydroxylation sites is 2. The number of Topliss-reactive ketones (excluding diaryl/α,β-unsaturated/α-hetero) is 1. The molecule has 0 bridgehead atoms. The zero-order chi connectivity index (χ0) is 22.1. The summed E-state index contributed by atoms with van der Waals surface area (Å²) < 4.78 is 8.07. The normalized spacial score (nSPS) is 11.1. The molecule has 0 radical (unpaired) electrons. The van der Waals surface area contributed by atoms with E-state index < -0.39 is 6.10 Å². The van der Waals surface area contributed by atoms with E-state index >= 15 is 0 Å². The summed E-state index contributed by atoms with van der Waals surface area (Å²) >= 11 is 4.54. The molecule has 0 amide bonds. The van der Waals surface area contributed by atoms with Gasteiger partial charge in [0.15, 0.2) is 5.78 Å². The standard InChI is InChI=1S/C14H12O2.C12H8I2O/c15-13(11-7-3-1-4-8-11)14(16)12-9-5-2-6-10-12;13-9-5-1-3-7-11(9)15-12-8-4-2-6-10(12)14/h1-10,13,15H;1-8H. The number of rotatable bonds is 5. The number of hydrogen-bond acceptors (Lipinski definition) is 3. The van der Waals surface area contributed by atoms with Gasteiger partial charge in [-0.05, 0) is 75.0 Å². The number of carbonyl (C=O) groups is 1. The molecule has 4 aromatic rings. The van der Waals surface area contributed by atoms with Gasteiger partial charge in [0.1, 0.15) is 17.6 Å². The van der Waals surface area contributed by atoms with Gasteiger partial charge in [-0.1, -0.05) is 84.9 Å². The first kappa shape index (κ1) is 23.4. The van der Waals surface area contributed by atoms with Crippen LogP contribution in [0.2, 0.25) is 0 Å². The lowest BCUT2D eigenvalue weighted by atomic mass is 10.0. The van der Waals surface area contributed by atoms with Crippen LogP contribution in [-0.4, -0.2) is 10.9 Å². The van der Waals surface area contributed by atoms with E-state index in [0.29, 0.717) is 11.1 Å². The Morgan fingerprint density at radius 1 is 0.645 bits per heavy atom. The number of hydrogen-bond donors (Lipinski definition) is 1. The second-order valence-electron chi connectivity index (χ2n) is 6.51. The fraction of sp³-hybridized carbons (Fsp3) is 0.0385. The lowest BCUT2D eigenvalue weighted by molar-refractivity contribution is 0.0747. The van der Waals surface area contributed by atoms with Crippen molar-refractivity contribution in [2.45, 2.75) is 6.10 Å². The van der Waals surface area contributed by atoms with Crippen LogP contribution in [0, 0.1) is 7.14 Å². The summed E-state index contributed by atoms with van der Waals surface area (Å²) in [6, 6.07) is 33.7. The van der Waals surface area contributed by atoms with E-state index in [4.69, 9.17) is 4.74 Å². The lowest BCUT2D eigenvalue weighted by Crippen LogP contribution is -2.11. The molecular weight excluding hydrogens is 614 g/mol. The third-order valence-corrected chi connectivity index (χ3v) is 6.10. The van der Waals surface area contributed by atoms with Crippen molar-refractivity contribution in [3.8, 4) is 11.5 Å². The molecule has 0 heterocycles. The average Bonchev–Trinajstić information content (AvgIpc) is 2.82. The van der Waals surface area contributed by atoms with Gasteiger partial charge >= 0.3 is 0 Å². The minimum Gasteiger partial charge on any atom is -0.455 e. The van der Waals surface area contributed by atoms with E-state index in [-0.39, 0.29) is 5.78 Å². The van der Waals surface area contributed by atoms with Crippen LogP contribution in [0.5, 0.6) is 11.5 Å². The number of halogens is 2. The van der Waals surface area contributed by atoms with Crippen molar-refractivity contribution >= 4 is 51.0 Å². The van der Waals surface area contributed by atoms with E-state index in [2.05, 4.69) is 45.2 Å². The van der Waals surface area contributed by atoms with Crippen molar-refractivity contribution in [1.82, 2.24) is 0 Å². The maximum atomic E-state index is 11.9. The molecule has 3 nitrogen and oxygen atoms in total. The van der Waals surface area contributed by atoms with Gasteiger partial charge in [-0.15, -0.1) is 0 Å². The Labute approximate surface area is 209 Å². The van der Waals surface area contributed by atoms with Crippen LogP contribution >= 0.6 is 45.2 Å². The molecule has 0 saturated heterocycles. The summed E-state index contributed by atoms with van der Waals surface area (Å²) in [5.41, 5.74) is 1.15. The number of ketones is 1. The second-order valence-corrected chi connectivity index (χ2v) is 8.83. The Morgan fingerprint density at radius 3 is 1.55 bits per heavy atom. The SMILES string of the molecule is Ic1ccccc1Oc1ccccc1I.O=C(c1ccccc1)C(O)c1ccccc1. The zero-order valence-electron chi connectivity index (χ0n) is 16.5. The van der Waals surface area contributed by atoms with Gasteiger partial charge in [0.2, 0.25) is 0 Å². The monoisotopic (exact) mass is 634 g/mol. The summed E-state index contributed by atoms with van der Waals surface area (Å²) in [7, 11) is 0. The smallest absolute Gasteiger partial charge is 0.195 e. The van der Waals surface area contributed by atoms with Gasteiger partial charge < -0.3 is 9.84 Å². The first-order valence-electron chi connectivity index (χ1n) is 9.55. The van der Waals surface area contributed by atoms with Crippen molar-refractivity contribution in [2.75, 3.05) is 0 Å². The molecule has 1 atom stereocenters. The van der Waals surface area contributed by atoms with Gasteiger partial charge in [0, 0.05) is 5.56 Å². The lowest BCUT2D eigenvalue weighted by Gasteiger charge is -2.09. The molecule has 0 aliphatic carbocycles. The fourth-order valence-corrected chi connectivity index (χ4v) is 3.72. The maximum absolute atomic E-state index is 11.9. The van der Waals surface area contributed by atoms with Crippen molar-refractivity contribution in [3.63, 3.8) is 0 Å². The molecule has 5 heteroatoms. The van der Waals surface area contributed by atoms with E-state index in [1.807, 2.05) is 60.7 Å². The first-order valence-corrected chi connectivity index (χ1v) is 11.7. The third kappa shape index (κ3) is 6.88. The van der Waals surface area contributed by atoms with Crippen LogP contribution < -0.4 is 4.74 Å². The molecule has 0 aliphatic heterocycles. The largest absolute Gasteiger partial charge is 0.455 e. The van der Waals surface area contributed by atoms with E-state index in [1.54, 1.807) is 48.5 Å². The van der Waals surface area contributed by atoms with Crippen LogP contribution in [0.1, 0.15) is 22.0 Å². The summed E-state index contributed by atoms with van der Waals surface area (Å²) in [4.78, 5) is 11.9. The second kappa shape index (κ2) is 12.0. The number of aliphatic hydroxyl groups excluding tert-OH is 1. The number of benzene rings is 4.